The van der Waals surface area contributed by atoms with Gasteiger partial charge in [-0.25, -0.2) is 0 Å². The van der Waals surface area contributed by atoms with Gasteiger partial charge in [0.15, 0.2) is 0 Å². The van der Waals surface area contributed by atoms with Crippen molar-refractivity contribution in [2.75, 3.05) is 0 Å². The molecule has 0 aliphatic rings. The monoisotopic (exact) mass is 375 g/mol. The average molecular weight is 376 g/mol. The quantitative estimate of drug-likeness (QED) is 0.697. The van der Waals surface area contributed by atoms with E-state index in [1.54, 1.807) is 18.2 Å². The summed E-state index contributed by atoms with van der Waals surface area (Å²) >= 11 is 11.9. The second-order valence-corrected chi connectivity index (χ2v) is 6.23. The third-order valence-electron chi connectivity index (χ3n) is 3.56. The molecule has 1 aromatic heterocycles. The molecule has 2 aromatic carbocycles. The van der Waals surface area contributed by atoms with Crippen LogP contribution in [0.5, 0.6) is 0 Å². The highest BCUT2D eigenvalue weighted by atomic mass is 35.5. The zero-order valence-electron chi connectivity index (χ0n) is 13.2. The van der Waals surface area contributed by atoms with E-state index in [1.807, 2.05) is 30.3 Å². The maximum absolute atomic E-state index is 12.0. The molecule has 0 unspecified atom stereocenters. The number of halogens is 2. The Balaban J connectivity index is 1.50. The zero-order chi connectivity index (χ0) is 17.6. The molecule has 0 aliphatic heterocycles. The highest BCUT2D eigenvalue weighted by molar-refractivity contribution is 6.35. The van der Waals surface area contributed by atoms with E-state index in [-0.39, 0.29) is 12.3 Å². The lowest BCUT2D eigenvalue weighted by Gasteiger charge is -2.06. The molecule has 1 amide bonds. The van der Waals surface area contributed by atoms with Gasteiger partial charge in [-0.2, -0.15) is 4.98 Å². The molecule has 0 bridgehead atoms. The number of carbonyl (C=O) groups is 1. The fourth-order valence-electron chi connectivity index (χ4n) is 2.23. The molecule has 0 radical (unpaired) electrons. The van der Waals surface area contributed by atoms with E-state index >= 15 is 0 Å². The summed E-state index contributed by atoms with van der Waals surface area (Å²) < 4.78 is 5.19. The molecule has 25 heavy (non-hydrogen) atoms. The summed E-state index contributed by atoms with van der Waals surface area (Å²) in [6.07, 6.45) is 0.627. The lowest BCUT2D eigenvalue weighted by Crippen LogP contribution is -2.23. The van der Waals surface area contributed by atoms with Crippen LogP contribution in [0.25, 0.3) is 11.4 Å². The highest BCUT2D eigenvalue weighted by Gasteiger charge is 2.11. The number of carbonyl (C=O) groups excluding carboxylic acids is 1. The molecule has 0 saturated heterocycles. The SMILES string of the molecule is O=C(CCc1nc(-c2ccccc2)no1)NCc1ccc(Cl)cc1Cl. The van der Waals surface area contributed by atoms with Crippen molar-refractivity contribution in [3.8, 4) is 11.4 Å². The van der Waals surface area contributed by atoms with Gasteiger partial charge in [0.2, 0.25) is 17.6 Å². The second kappa shape index (κ2) is 8.14. The molecule has 3 rings (SSSR count). The molecule has 0 spiro atoms. The maximum Gasteiger partial charge on any atom is 0.227 e. The van der Waals surface area contributed by atoms with Crippen molar-refractivity contribution in [2.24, 2.45) is 0 Å². The van der Waals surface area contributed by atoms with Crippen molar-refractivity contribution in [3.63, 3.8) is 0 Å². The number of rotatable bonds is 6. The van der Waals surface area contributed by atoms with Crippen LogP contribution < -0.4 is 5.32 Å². The predicted molar refractivity (Wildman–Crippen MR) is 96.4 cm³/mol. The lowest BCUT2D eigenvalue weighted by molar-refractivity contribution is -0.121. The van der Waals surface area contributed by atoms with Crippen LogP contribution in [0.1, 0.15) is 17.9 Å². The van der Waals surface area contributed by atoms with Gasteiger partial charge < -0.3 is 9.84 Å². The number of nitrogens with one attached hydrogen (secondary N) is 1. The topological polar surface area (TPSA) is 68.0 Å². The van der Waals surface area contributed by atoms with Gasteiger partial charge >= 0.3 is 0 Å². The fraction of sp³-hybridized carbons (Fsp3) is 0.167. The number of amides is 1. The smallest absolute Gasteiger partial charge is 0.227 e. The van der Waals surface area contributed by atoms with Crippen LogP contribution in [-0.2, 0) is 17.8 Å². The average Bonchev–Trinajstić information content (AvgIpc) is 3.09. The molecule has 1 heterocycles. The van der Waals surface area contributed by atoms with Crippen molar-refractivity contribution in [3.05, 3.63) is 70.0 Å². The molecule has 0 saturated carbocycles. The number of hydrogen-bond acceptors (Lipinski definition) is 4. The van der Waals surface area contributed by atoms with Crippen LogP contribution in [0.4, 0.5) is 0 Å². The second-order valence-electron chi connectivity index (χ2n) is 5.39. The van der Waals surface area contributed by atoms with Gasteiger partial charge in [0.25, 0.3) is 0 Å². The van der Waals surface area contributed by atoms with E-state index in [2.05, 4.69) is 15.5 Å². The Hall–Kier alpha value is -2.37. The van der Waals surface area contributed by atoms with Gasteiger partial charge in [-0.15, -0.1) is 0 Å². The molecule has 1 N–H and O–H groups in total. The minimum Gasteiger partial charge on any atom is -0.352 e. The van der Waals surface area contributed by atoms with Crippen LogP contribution in [0, 0.1) is 0 Å². The Morgan fingerprint density at radius 1 is 1.12 bits per heavy atom. The normalized spacial score (nSPS) is 10.6. The summed E-state index contributed by atoms with van der Waals surface area (Å²) in [5, 5.41) is 7.83. The first-order valence-electron chi connectivity index (χ1n) is 7.70. The molecule has 0 aliphatic carbocycles. The van der Waals surface area contributed by atoms with Gasteiger partial charge in [-0.3, -0.25) is 4.79 Å². The van der Waals surface area contributed by atoms with Crippen molar-refractivity contribution in [2.45, 2.75) is 19.4 Å². The Kier molecular flexibility index (Phi) is 5.68. The van der Waals surface area contributed by atoms with Crippen LogP contribution in [0.3, 0.4) is 0 Å². The number of aromatic nitrogens is 2. The van der Waals surface area contributed by atoms with Crippen molar-refractivity contribution < 1.29 is 9.32 Å². The highest BCUT2D eigenvalue weighted by Crippen LogP contribution is 2.20. The van der Waals surface area contributed by atoms with Crippen molar-refractivity contribution in [1.29, 1.82) is 0 Å². The van der Waals surface area contributed by atoms with Crippen LogP contribution in [0.2, 0.25) is 10.0 Å². The summed E-state index contributed by atoms with van der Waals surface area (Å²) in [6.45, 7) is 0.341. The van der Waals surface area contributed by atoms with Crippen LogP contribution >= 0.6 is 23.2 Å². The molecule has 7 heteroatoms. The van der Waals surface area contributed by atoms with Crippen molar-refractivity contribution >= 4 is 29.1 Å². The molecular weight excluding hydrogens is 361 g/mol. The largest absolute Gasteiger partial charge is 0.352 e. The van der Waals surface area contributed by atoms with E-state index in [9.17, 15) is 4.79 Å². The summed E-state index contributed by atoms with van der Waals surface area (Å²) in [7, 11) is 0. The molecule has 128 valence electrons. The first-order chi connectivity index (χ1) is 12.1. The summed E-state index contributed by atoms with van der Waals surface area (Å²) in [4.78, 5) is 16.3. The molecule has 3 aromatic rings. The Bertz CT molecular complexity index is 866. The van der Waals surface area contributed by atoms with E-state index in [1.165, 1.54) is 0 Å². The first kappa shape index (κ1) is 17.5. The summed E-state index contributed by atoms with van der Waals surface area (Å²) in [5.41, 5.74) is 1.68. The number of hydrogen-bond donors (Lipinski definition) is 1. The van der Waals surface area contributed by atoms with E-state index in [0.717, 1.165) is 11.1 Å². The van der Waals surface area contributed by atoms with E-state index < -0.39 is 0 Å². The lowest BCUT2D eigenvalue weighted by atomic mass is 10.2. The molecule has 0 atom stereocenters. The Morgan fingerprint density at radius 2 is 1.92 bits per heavy atom. The van der Waals surface area contributed by atoms with Gasteiger partial charge in [0, 0.05) is 35.0 Å². The predicted octanol–water partition coefficient (Wildman–Crippen LogP) is 4.29. The number of nitrogens with zero attached hydrogens (tertiary/aromatic N) is 2. The molecular formula is C18H15Cl2N3O2. The van der Waals surface area contributed by atoms with E-state index in [4.69, 9.17) is 27.7 Å². The van der Waals surface area contributed by atoms with Crippen LogP contribution in [-0.4, -0.2) is 16.0 Å². The number of aryl methyl sites for hydroxylation is 1. The minimum atomic E-state index is -0.120. The summed E-state index contributed by atoms with van der Waals surface area (Å²) in [5.74, 6) is 0.827. The Morgan fingerprint density at radius 3 is 2.68 bits per heavy atom. The van der Waals surface area contributed by atoms with Gasteiger partial charge in [-0.1, -0.05) is 64.8 Å². The first-order valence-corrected chi connectivity index (χ1v) is 8.46. The van der Waals surface area contributed by atoms with Crippen LogP contribution in [0.15, 0.2) is 53.1 Å². The molecule has 5 nitrogen and oxygen atoms in total. The third-order valence-corrected chi connectivity index (χ3v) is 4.14. The van der Waals surface area contributed by atoms with Gasteiger partial charge in [-0.05, 0) is 17.7 Å². The van der Waals surface area contributed by atoms with E-state index in [0.29, 0.717) is 34.7 Å². The number of benzene rings is 2. The maximum atomic E-state index is 12.0. The zero-order valence-corrected chi connectivity index (χ0v) is 14.7. The molecule has 0 fully saturated rings. The van der Waals surface area contributed by atoms with Gasteiger partial charge in [0.1, 0.15) is 0 Å². The third kappa shape index (κ3) is 4.81. The standard InChI is InChI=1S/C18H15Cl2N3O2/c19-14-7-6-13(15(20)10-14)11-21-16(24)8-9-17-22-18(23-25-17)12-4-2-1-3-5-12/h1-7,10H,8-9,11H2,(H,21,24). The van der Waals surface area contributed by atoms with Crippen molar-refractivity contribution in [1.82, 2.24) is 15.5 Å². The summed E-state index contributed by atoms with van der Waals surface area (Å²) in [6, 6.07) is 14.7. The van der Waals surface area contributed by atoms with Gasteiger partial charge in [0.05, 0.1) is 0 Å². The Labute approximate surface area is 155 Å². The fourth-order valence-corrected chi connectivity index (χ4v) is 2.70. The minimum absolute atomic E-state index is 0.120.